The highest BCUT2D eigenvalue weighted by atomic mass is 16.5. The first-order chi connectivity index (χ1) is 10.3. The molecule has 0 atom stereocenters. The molecule has 7 heteroatoms. The second-order valence-corrected chi connectivity index (χ2v) is 5.27. The third kappa shape index (κ3) is 2.81. The number of hydrogen-bond donors (Lipinski definition) is 1. The van der Waals surface area contributed by atoms with E-state index in [0.29, 0.717) is 12.3 Å². The van der Waals surface area contributed by atoms with E-state index in [4.69, 9.17) is 4.52 Å². The van der Waals surface area contributed by atoms with Gasteiger partial charge in [0.1, 0.15) is 6.33 Å². The summed E-state index contributed by atoms with van der Waals surface area (Å²) < 4.78 is 7.16. The van der Waals surface area contributed by atoms with Crippen molar-refractivity contribution in [2.24, 2.45) is 0 Å². The molecular weight excluding hydrogens is 270 g/mol. The van der Waals surface area contributed by atoms with E-state index in [0.717, 1.165) is 55.7 Å². The molecule has 0 radical (unpaired) electrons. The molecule has 0 aromatic carbocycles. The summed E-state index contributed by atoms with van der Waals surface area (Å²) in [4.78, 5) is 12.2. The molecule has 0 fully saturated rings. The third-order valence-corrected chi connectivity index (χ3v) is 3.73. The fourth-order valence-corrected chi connectivity index (χ4v) is 2.65. The smallest absolute Gasteiger partial charge is 0.290 e. The van der Waals surface area contributed by atoms with Gasteiger partial charge in [0.2, 0.25) is 5.76 Å². The minimum atomic E-state index is -0.225. The predicted molar refractivity (Wildman–Crippen MR) is 74.6 cm³/mol. The van der Waals surface area contributed by atoms with E-state index in [-0.39, 0.29) is 5.91 Å². The van der Waals surface area contributed by atoms with Crippen molar-refractivity contribution in [2.75, 3.05) is 0 Å². The van der Waals surface area contributed by atoms with Gasteiger partial charge in [0.05, 0.1) is 12.2 Å². The zero-order valence-corrected chi connectivity index (χ0v) is 12.1. The van der Waals surface area contributed by atoms with Crippen LogP contribution in [0.1, 0.15) is 53.8 Å². The molecule has 21 heavy (non-hydrogen) atoms. The van der Waals surface area contributed by atoms with Gasteiger partial charge < -0.3 is 14.4 Å². The molecule has 7 nitrogen and oxygen atoms in total. The molecule has 0 saturated heterocycles. The zero-order valence-electron chi connectivity index (χ0n) is 12.1. The Labute approximate surface area is 122 Å². The number of rotatable bonds is 5. The molecule has 2 aromatic rings. The molecule has 1 amide bonds. The van der Waals surface area contributed by atoms with Crippen LogP contribution in [0.2, 0.25) is 0 Å². The fourth-order valence-electron chi connectivity index (χ4n) is 2.65. The Morgan fingerprint density at radius 3 is 3.14 bits per heavy atom. The maximum Gasteiger partial charge on any atom is 0.290 e. The highest BCUT2D eigenvalue weighted by molar-refractivity contribution is 5.92. The summed E-state index contributed by atoms with van der Waals surface area (Å²) in [5, 5.41) is 14.7. The third-order valence-electron chi connectivity index (χ3n) is 3.73. The topological polar surface area (TPSA) is 85.8 Å². The second-order valence-electron chi connectivity index (χ2n) is 5.27. The van der Waals surface area contributed by atoms with Crippen LogP contribution in [0.15, 0.2) is 10.9 Å². The predicted octanol–water partition coefficient (Wildman–Crippen LogP) is 1.48. The van der Waals surface area contributed by atoms with Crippen molar-refractivity contribution >= 4 is 5.91 Å². The molecule has 1 N–H and O–H groups in total. The number of aryl methyl sites for hydroxylation is 2. The number of nitrogens with zero attached hydrogens (tertiary/aromatic N) is 4. The average Bonchev–Trinajstić information content (AvgIpc) is 3.12. The number of fused-ring (bicyclic) bond motifs is 1. The molecule has 1 aliphatic rings. The molecule has 0 unspecified atom stereocenters. The summed E-state index contributed by atoms with van der Waals surface area (Å²) in [5.74, 6) is 0.876. The van der Waals surface area contributed by atoms with Gasteiger partial charge in [0, 0.05) is 12.1 Å². The Balaban J connectivity index is 1.66. The Hall–Kier alpha value is -2.18. The maximum absolute atomic E-state index is 12.2. The molecule has 2 aromatic heterocycles. The number of nitrogens with one attached hydrogen (secondary N) is 1. The van der Waals surface area contributed by atoms with Gasteiger partial charge in [-0.1, -0.05) is 12.1 Å². The second kappa shape index (κ2) is 6.07. The summed E-state index contributed by atoms with van der Waals surface area (Å²) in [5.41, 5.74) is 1.90. The van der Waals surface area contributed by atoms with Crippen LogP contribution >= 0.6 is 0 Å². The number of hydrogen-bond acceptors (Lipinski definition) is 5. The summed E-state index contributed by atoms with van der Waals surface area (Å²) in [7, 11) is 0. The summed E-state index contributed by atoms with van der Waals surface area (Å²) in [6.07, 6.45) is 6.64. The van der Waals surface area contributed by atoms with Crippen LogP contribution < -0.4 is 5.32 Å². The van der Waals surface area contributed by atoms with E-state index in [2.05, 4.69) is 27.6 Å². The van der Waals surface area contributed by atoms with E-state index >= 15 is 0 Å². The minimum absolute atomic E-state index is 0.225. The highest BCUT2D eigenvalue weighted by Crippen LogP contribution is 2.23. The summed E-state index contributed by atoms with van der Waals surface area (Å²) in [6, 6.07) is 0. The van der Waals surface area contributed by atoms with Crippen LogP contribution in [0, 0.1) is 0 Å². The van der Waals surface area contributed by atoms with E-state index in [1.165, 1.54) is 0 Å². The molecule has 112 valence electrons. The molecule has 0 spiro atoms. The minimum Gasteiger partial charge on any atom is -0.350 e. The Bertz CT molecular complexity index is 631. The number of aromatic nitrogens is 4. The molecule has 0 bridgehead atoms. The lowest BCUT2D eigenvalue weighted by Gasteiger charge is -2.09. The van der Waals surface area contributed by atoms with Crippen LogP contribution in [0.5, 0.6) is 0 Å². The zero-order chi connectivity index (χ0) is 14.7. The van der Waals surface area contributed by atoms with Gasteiger partial charge in [0.25, 0.3) is 5.91 Å². The standard InChI is InChI=1S/C14H19N5O2/c1-2-7-19-9-16-17-12(19)8-15-14(20)13-10-5-3-4-6-11(10)18-21-13/h9H,2-8H2,1H3,(H,15,20). The van der Waals surface area contributed by atoms with Crippen molar-refractivity contribution in [1.82, 2.24) is 25.2 Å². The normalized spacial score (nSPS) is 14.0. The monoisotopic (exact) mass is 289 g/mol. The highest BCUT2D eigenvalue weighted by Gasteiger charge is 2.24. The lowest BCUT2D eigenvalue weighted by Crippen LogP contribution is -2.25. The van der Waals surface area contributed by atoms with Crippen LogP contribution in [-0.2, 0) is 25.9 Å². The first-order valence-electron chi connectivity index (χ1n) is 7.42. The number of amides is 1. The first kappa shape index (κ1) is 13.8. The molecule has 1 aliphatic carbocycles. The Kier molecular flexibility index (Phi) is 3.98. The van der Waals surface area contributed by atoms with Gasteiger partial charge in [0.15, 0.2) is 5.82 Å². The van der Waals surface area contributed by atoms with Crippen molar-refractivity contribution in [1.29, 1.82) is 0 Å². The average molecular weight is 289 g/mol. The quantitative estimate of drug-likeness (QED) is 0.901. The van der Waals surface area contributed by atoms with E-state index < -0.39 is 0 Å². The molecule has 0 saturated carbocycles. The lowest BCUT2D eigenvalue weighted by molar-refractivity contribution is 0.0911. The first-order valence-corrected chi connectivity index (χ1v) is 7.42. The number of carbonyl (C=O) groups is 1. The van der Waals surface area contributed by atoms with Crippen LogP contribution in [-0.4, -0.2) is 25.8 Å². The SMILES string of the molecule is CCCn1cnnc1CNC(=O)c1onc2c1CCCC2. The van der Waals surface area contributed by atoms with Gasteiger partial charge in [-0.15, -0.1) is 10.2 Å². The maximum atomic E-state index is 12.2. The van der Waals surface area contributed by atoms with Gasteiger partial charge in [-0.25, -0.2) is 0 Å². The fraction of sp³-hybridized carbons (Fsp3) is 0.571. The Morgan fingerprint density at radius 1 is 1.43 bits per heavy atom. The van der Waals surface area contributed by atoms with Crippen molar-refractivity contribution in [3.8, 4) is 0 Å². The van der Waals surface area contributed by atoms with Crippen LogP contribution in [0.3, 0.4) is 0 Å². The van der Waals surface area contributed by atoms with Gasteiger partial charge >= 0.3 is 0 Å². The lowest BCUT2D eigenvalue weighted by atomic mass is 9.96. The van der Waals surface area contributed by atoms with Crippen molar-refractivity contribution in [2.45, 2.75) is 52.1 Å². The van der Waals surface area contributed by atoms with Crippen LogP contribution in [0.4, 0.5) is 0 Å². The van der Waals surface area contributed by atoms with Crippen molar-refractivity contribution in [3.63, 3.8) is 0 Å². The van der Waals surface area contributed by atoms with Crippen molar-refractivity contribution in [3.05, 3.63) is 29.2 Å². The molecule has 2 heterocycles. The van der Waals surface area contributed by atoms with E-state index in [1.54, 1.807) is 6.33 Å². The molecule has 3 rings (SSSR count). The van der Waals surface area contributed by atoms with E-state index in [1.807, 2.05) is 4.57 Å². The van der Waals surface area contributed by atoms with Gasteiger partial charge in [-0.05, 0) is 32.1 Å². The molecular formula is C14H19N5O2. The Morgan fingerprint density at radius 2 is 2.29 bits per heavy atom. The number of carbonyl (C=O) groups excluding carboxylic acids is 1. The van der Waals surface area contributed by atoms with E-state index in [9.17, 15) is 4.79 Å². The summed E-state index contributed by atoms with van der Waals surface area (Å²) >= 11 is 0. The molecule has 0 aliphatic heterocycles. The van der Waals surface area contributed by atoms with Gasteiger partial charge in [-0.3, -0.25) is 4.79 Å². The summed E-state index contributed by atoms with van der Waals surface area (Å²) in [6.45, 7) is 3.27. The van der Waals surface area contributed by atoms with Crippen LogP contribution in [0.25, 0.3) is 0 Å². The van der Waals surface area contributed by atoms with Crippen molar-refractivity contribution < 1.29 is 9.32 Å². The largest absolute Gasteiger partial charge is 0.350 e. The van der Waals surface area contributed by atoms with Gasteiger partial charge in [-0.2, -0.15) is 0 Å².